The average Bonchev–Trinajstić information content (AvgIpc) is 3.34. The van der Waals surface area contributed by atoms with E-state index >= 15 is 8.78 Å². The lowest BCUT2D eigenvalue weighted by atomic mass is 9.68. The highest BCUT2D eigenvalue weighted by atomic mass is 19.1. The van der Waals surface area contributed by atoms with E-state index in [-0.39, 0.29) is 41.0 Å². The molecule has 1 saturated carbocycles. The quantitative estimate of drug-likeness (QED) is 0.301. The molecule has 0 amide bonds. The Morgan fingerprint density at radius 1 is 1.12 bits per heavy atom. The zero-order valence-corrected chi connectivity index (χ0v) is 23.1. The Morgan fingerprint density at radius 2 is 1.88 bits per heavy atom. The Morgan fingerprint density at radius 3 is 2.61 bits per heavy atom. The van der Waals surface area contributed by atoms with Crippen LogP contribution < -0.4 is 15.8 Å². The van der Waals surface area contributed by atoms with Gasteiger partial charge in [0.25, 0.3) is 0 Å². The standard InChI is InChI=1S/C30H34F2N6O3/c1-17-11-18(12-27(33)30(17,2)39)22-5-8-34-16-26(22)36-29-35-15-19-3-4-25(37-38(19)29)28-23(31)13-21(14-24(28)32)41-20-6-9-40-10-7-20/h3-5,8,13-18,20,27,39H,6-7,9-12,33H2,1-2H3,(H,35,36). The van der Waals surface area contributed by atoms with Crippen molar-refractivity contribution in [3.05, 3.63) is 66.1 Å². The fourth-order valence-corrected chi connectivity index (χ4v) is 5.86. The molecule has 1 saturated heterocycles. The number of ether oxygens (including phenoxy) is 2. The van der Waals surface area contributed by atoms with Gasteiger partial charge in [0.2, 0.25) is 5.95 Å². The summed E-state index contributed by atoms with van der Waals surface area (Å²) in [6, 6.07) is 7.24. The molecule has 1 aliphatic carbocycles. The van der Waals surface area contributed by atoms with Gasteiger partial charge in [-0.15, -0.1) is 0 Å². The van der Waals surface area contributed by atoms with Crippen LogP contribution in [-0.2, 0) is 4.74 Å². The van der Waals surface area contributed by atoms with E-state index in [0.717, 1.165) is 17.7 Å². The lowest BCUT2D eigenvalue weighted by molar-refractivity contribution is -0.0463. The summed E-state index contributed by atoms with van der Waals surface area (Å²) in [7, 11) is 0. The molecule has 4 aromatic rings. The predicted octanol–water partition coefficient (Wildman–Crippen LogP) is 4.96. The topological polar surface area (TPSA) is 120 Å². The molecule has 2 fully saturated rings. The van der Waals surface area contributed by atoms with Crippen molar-refractivity contribution < 1.29 is 23.4 Å². The molecule has 3 aromatic heterocycles. The number of anilines is 2. The van der Waals surface area contributed by atoms with E-state index < -0.39 is 17.2 Å². The van der Waals surface area contributed by atoms with E-state index in [1.165, 1.54) is 16.6 Å². The summed E-state index contributed by atoms with van der Waals surface area (Å²) in [6.45, 7) is 4.93. The van der Waals surface area contributed by atoms with Crippen molar-refractivity contribution in [1.29, 1.82) is 0 Å². The Balaban J connectivity index is 1.28. The molecule has 9 nitrogen and oxygen atoms in total. The maximum absolute atomic E-state index is 15.2. The van der Waals surface area contributed by atoms with Crippen LogP contribution >= 0.6 is 0 Å². The van der Waals surface area contributed by atoms with Gasteiger partial charge < -0.3 is 25.6 Å². The zero-order valence-electron chi connectivity index (χ0n) is 23.1. The maximum Gasteiger partial charge on any atom is 0.229 e. The number of benzene rings is 1. The number of nitrogens with two attached hydrogens (primary N) is 1. The van der Waals surface area contributed by atoms with Gasteiger partial charge in [-0.1, -0.05) is 6.92 Å². The lowest BCUT2D eigenvalue weighted by Crippen LogP contribution is -2.54. The first kappa shape index (κ1) is 27.5. The SMILES string of the molecule is CC1CC(c2ccncc2Nc2ncc3ccc(-c4c(F)cc(OC5CCOCC5)cc4F)nn23)CC(N)C1(C)O. The normalized spacial score (nSPS) is 25.4. The van der Waals surface area contributed by atoms with Crippen LogP contribution in [-0.4, -0.2) is 55.6 Å². The Hall–Kier alpha value is -3.67. The number of aliphatic hydroxyl groups is 1. The molecule has 4 N–H and O–H groups in total. The van der Waals surface area contributed by atoms with Crippen LogP contribution in [0.1, 0.15) is 51.0 Å². The van der Waals surface area contributed by atoms with Crippen LogP contribution in [0.2, 0.25) is 0 Å². The summed E-state index contributed by atoms with van der Waals surface area (Å²) in [5.41, 5.74) is 7.67. The first-order chi connectivity index (χ1) is 19.7. The summed E-state index contributed by atoms with van der Waals surface area (Å²) in [4.78, 5) is 8.75. The highest BCUT2D eigenvalue weighted by Crippen LogP contribution is 2.43. The fourth-order valence-electron chi connectivity index (χ4n) is 5.86. The first-order valence-corrected chi connectivity index (χ1v) is 14.0. The molecule has 4 unspecified atom stereocenters. The number of hydrogen-bond donors (Lipinski definition) is 3. The molecule has 216 valence electrons. The molecule has 0 spiro atoms. The molecule has 11 heteroatoms. The van der Waals surface area contributed by atoms with Gasteiger partial charge in [0.15, 0.2) is 0 Å². The van der Waals surface area contributed by atoms with E-state index in [1.807, 2.05) is 13.0 Å². The summed E-state index contributed by atoms with van der Waals surface area (Å²) >= 11 is 0. The van der Waals surface area contributed by atoms with Crippen LogP contribution in [0.3, 0.4) is 0 Å². The number of fused-ring (bicyclic) bond motifs is 1. The number of halogens is 2. The Labute approximate surface area is 236 Å². The number of imidazole rings is 1. The molecule has 1 aromatic carbocycles. The highest BCUT2D eigenvalue weighted by Gasteiger charge is 2.42. The molecule has 4 atom stereocenters. The van der Waals surface area contributed by atoms with Crippen LogP contribution in [0.4, 0.5) is 20.4 Å². The van der Waals surface area contributed by atoms with Gasteiger partial charge in [-0.2, -0.15) is 9.61 Å². The van der Waals surface area contributed by atoms with Crippen molar-refractivity contribution in [3.63, 3.8) is 0 Å². The fraction of sp³-hybridized carbons (Fsp3) is 0.433. The highest BCUT2D eigenvalue weighted by molar-refractivity contribution is 5.66. The minimum absolute atomic E-state index is 0.00649. The first-order valence-electron chi connectivity index (χ1n) is 14.0. The third-order valence-electron chi connectivity index (χ3n) is 8.59. The van der Waals surface area contributed by atoms with Crippen LogP contribution in [0.15, 0.2) is 48.9 Å². The Bertz CT molecular complexity index is 1520. The van der Waals surface area contributed by atoms with Gasteiger partial charge in [-0.05, 0) is 55.4 Å². The monoisotopic (exact) mass is 564 g/mol. The third-order valence-corrected chi connectivity index (χ3v) is 8.59. The van der Waals surface area contributed by atoms with E-state index in [9.17, 15) is 5.11 Å². The Kier molecular flexibility index (Phi) is 7.35. The second kappa shape index (κ2) is 11.0. The largest absolute Gasteiger partial charge is 0.490 e. The second-order valence-corrected chi connectivity index (χ2v) is 11.3. The van der Waals surface area contributed by atoms with E-state index in [4.69, 9.17) is 15.2 Å². The third kappa shape index (κ3) is 5.37. The summed E-state index contributed by atoms with van der Waals surface area (Å²) in [5.74, 6) is -0.901. The summed E-state index contributed by atoms with van der Waals surface area (Å²) in [6.07, 6.45) is 7.65. The van der Waals surface area contributed by atoms with Gasteiger partial charge >= 0.3 is 0 Å². The van der Waals surface area contributed by atoms with Crippen molar-refractivity contribution in [3.8, 4) is 17.0 Å². The van der Waals surface area contributed by atoms with Crippen molar-refractivity contribution in [2.45, 2.75) is 63.2 Å². The number of aromatic nitrogens is 4. The molecule has 41 heavy (non-hydrogen) atoms. The van der Waals surface area contributed by atoms with Gasteiger partial charge in [-0.25, -0.2) is 13.8 Å². The van der Waals surface area contributed by atoms with Crippen LogP contribution in [0, 0.1) is 17.6 Å². The van der Waals surface area contributed by atoms with Crippen LogP contribution in [0.5, 0.6) is 5.75 Å². The molecule has 4 heterocycles. The number of pyridine rings is 1. The van der Waals surface area contributed by atoms with Crippen molar-refractivity contribution >= 4 is 17.2 Å². The summed E-state index contributed by atoms with van der Waals surface area (Å²) in [5, 5.41) is 18.6. The summed E-state index contributed by atoms with van der Waals surface area (Å²) < 4.78 is 43.1. The van der Waals surface area contributed by atoms with Crippen molar-refractivity contribution in [1.82, 2.24) is 19.6 Å². The minimum atomic E-state index is -0.934. The van der Waals surface area contributed by atoms with E-state index in [0.29, 0.717) is 43.9 Å². The number of nitrogens with one attached hydrogen (secondary N) is 1. The molecule has 2 aliphatic rings. The van der Waals surface area contributed by atoms with Gasteiger partial charge in [0.1, 0.15) is 23.5 Å². The molecule has 1 aliphatic heterocycles. The van der Waals surface area contributed by atoms with Gasteiger partial charge in [0.05, 0.1) is 53.7 Å². The number of hydrogen-bond acceptors (Lipinski definition) is 8. The maximum atomic E-state index is 15.2. The predicted molar refractivity (Wildman–Crippen MR) is 150 cm³/mol. The van der Waals surface area contributed by atoms with E-state index in [2.05, 4.69) is 20.4 Å². The number of rotatable bonds is 6. The van der Waals surface area contributed by atoms with E-state index in [1.54, 1.807) is 37.6 Å². The van der Waals surface area contributed by atoms with Crippen molar-refractivity contribution in [2.75, 3.05) is 18.5 Å². The van der Waals surface area contributed by atoms with Gasteiger partial charge in [0, 0.05) is 37.2 Å². The molecule has 0 radical (unpaired) electrons. The minimum Gasteiger partial charge on any atom is -0.490 e. The van der Waals surface area contributed by atoms with Crippen molar-refractivity contribution in [2.24, 2.45) is 11.7 Å². The van der Waals surface area contributed by atoms with Gasteiger partial charge in [-0.3, -0.25) is 4.98 Å². The van der Waals surface area contributed by atoms with Crippen LogP contribution in [0.25, 0.3) is 16.8 Å². The number of nitrogens with zero attached hydrogens (tertiary/aromatic N) is 4. The molecule has 6 rings (SSSR count). The molecule has 0 bridgehead atoms. The lowest BCUT2D eigenvalue weighted by Gasteiger charge is -2.44. The molecular formula is C30H34F2N6O3. The average molecular weight is 565 g/mol. The smallest absolute Gasteiger partial charge is 0.229 e. The molecular weight excluding hydrogens is 530 g/mol. The zero-order chi connectivity index (χ0) is 28.7. The second-order valence-electron chi connectivity index (χ2n) is 11.3.